The Bertz CT molecular complexity index is 602. The van der Waals surface area contributed by atoms with Gasteiger partial charge in [-0.3, -0.25) is 0 Å². The highest BCUT2D eigenvalue weighted by atomic mass is 32.2. The number of para-hydroxylation sites is 2. The Morgan fingerprint density at radius 2 is 2.11 bits per heavy atom. The van der Waals surface area contributed by atoms with Crippen LogP contribution in [0.2, 0.25) is 0 Å². The molecule has 0 spiro atoms. The van der Waals surface area contributed by atoms with Gasteiger partial charge in [0.1, 0.15) is 0 Å². The Morgan fingerprint density at radius 1 is 1.39 bits per heavy atom. The van der Waals surface area contributed by atoms with E-state index in [4.69, 9.17) is 0 Å². The van der Waals surface area contributed by atoms with Crippen LogP contribution < -0.4 is 9.62 Å². The van der Waals surface area contributed by atoms with E-state index in [1.807, 2.05) is 36.2 Å². The van der Waals surface area contributed by atoms with Crippen LogP contribution in [0.5, 0.6) is 0 Å². The summed E-state index contributed by atoms with van der Waals surface area (Å²) < 4.78 is 24.3. The van der Waals surface area contributed by atoms with Crippen molar-refractivity contribution in [1.29, 1.82) is 0 Å². The van der Waals surface area contributed by atoms with Gasteiger partial charge in [0.2, 0.25) is 16.0 Å². The molecule has 0 saturated heterocycles. The Balaban J connectivity index is 2.02. The molecule has 1 aromatic heterocycles. The van der Waals surface area contributed by atoms with Crippen molar-refractivity contribution in [2.45, 2.75) is 0 Å². The van der Waals surface area contributed by atoms with Crippen LogP contribution in [-0.2, 0) is 10.0 Å². The number of nitrogens with zero attached hydrogens (tertiary/aromatic N) is 2. The minimum absolute atomic E-state index is 0.354. The molecule has 0 saturated carbocycles. The zero-order chi connectivity index (χ0) is 13.2. The lowest BCUT2D eigenvalue weighted by Crippen LogP contribution is -2.32. The van der Waals surface area contributed by atoms with E-state index in [1.54, 1.807) is 0 Å². The van der Waals surface area contributed by atoms with Crippen LogP contribution in [0.1, 0.15) is 0 Å². The SMILES string of the molecule is CN(CCNS(C)(=O)=O)c1nc2ccccc2[nH]1. The zero-order valence-corrected chi connectivity index (χ0v) is 11.2. The van der Waals surface area contributed by atoms with Gasteiger partial charge in [0.15, 0.2) is 0 Å². The number of hydrogen-bond acceptors (Lipinski definition) is 4. The van der Waals surface area contributed by atoms with Crippen molar-refractivity contribution in [3.63, 3.8) is 0 Å². The number of imidazole rings is 1. The van der Waals surface area contributed by atoms with Crippen molar-refractivity contribution < 1.29 is 8.42 Å². The fourth-order valence-electron chi connectivity index (χ4n) is 1.62. The molecule has 1 aromatic carbocycles. The summed E-state index contributed by atoms with van der Waals surface area (Å²) in [6.45, 7) is 0.902. The van der Waals surface area contributed by atoms with Crippen LogP contribution in [0.15, 0.2) is 24.3 Å². The molecule has 0 atom stereocenters. The van der Waals surface area contributed by atoms with Crippen molar-refractivity contribution >= 4 is 27.0 Å². The van der Waals surface area contributed by atoms with Gasteiger partial charge in [-0.2, -0.15) is 0 Å². The molecule has 7 heteroatoms. The summed E-state index contributed by atoms with van der Waals surface area (Å²) in [6, 6.07) is 7.75. The standard InChI is InChI=1S/C11H16N4O2S/c1-15(8-7-12-18(2,16)17)11-13-9-5-3-4-6-10(9)14-11/h3-6,12H,7-8H2,1-2H3,(H,13,14). The van der Waals surface area contributed by atoms with Crippen LogP contribution >= 0.6 is 0 Å². The number of aromatic nitrogens is 2. The minimum Gasteiger partial charge on any atom is -0.344 e. The highest BCUT2D eigenvalue weighted by Gasteiger charge is 2.07. The first-order valence-electron chi connectivity index (χ1n) is 5.56. The van der Waals surface area contributed by atoms with Gasteiger partial charge in [0, 0.05) is 20.1 Å². The normalized spacial score (nSPS) is 11.9. The summed E-state index contributed by atoms with van der Waals surface area (Å²) in [5.41, 5.74) is 1.87. The maximum Gasteiger partial charge on any atom is 0.208 e. The van der Waals surface area contributed by atoms with Crippen LogP contribution in [0.25, 0.3) is 11.0 Å². The molecule has 98 valence electrons. The fourth-order valence-corrected chi connectivity index (χ4v) is 2.09. The van der Waals surface area contributed by atoms with Gasteiger partial charge >= 0.3 is 0 Å². The molecule has 18 heavy (non-hydrogen) atoms. The van der Waals surface area contributed by atoms with Crippen LogP contribution in [-0.4, -0.2) is 44.8 Å². The Morgan fingerprint density at radius 3 is 2.78 bits per heavy atom. The van der Waals surface area contributed by atoms with E-state index in [9.17, 15) is 8.42 Å². The van der Waals surface area contributed by atoms with Gasteiger partial charge in [-0.25, -0.2) is 18.1 Å². The second-order valence-corrected chi connectivity index (χ2v) is 6.00. The molecule has 2 rings (SSSR count). The highest BCUT2D eigenvalue weighted by molar-refractivity contribution is 7.88. The van der Waals surface area contributed by atoms with Gasteiger partial charge < -0.3 is 9.88 Å². The largest absolute Gasteiger partial charge is 0.344 e. The van der Waals surface area contributed by atoms with Gasteiger partial charge in [-0.15, -0.1) is 0 Å². The van der Waals surface area contributed by atoms with E-state index in [0.29, 0.717) is 13.1 Å². The third-order valence-corrected chi connectivity index (χ3v) is 3.28. The van der Waals surface area contributed by atoms with Crippen LogP contribution in [0.4, 0.5) is 5.95 Å². The number of rotatable bonds is 5. The number of fused-ring (bicyclic) bond motifs is 1. The topological polar surface area (TPSA) is 78.1 Å². The first-order valence-corrected chi connectivity index (χ1v) is 7.45. The number of anilines is 1. The number of hydrogen-bond donors (Lipinski definition) is 2. The third-order valence-electron chi connectivity index (χ3n) is 2.55. The summed E-state index contributed by atoms with van der Waals surface area (Å²) in [7, 11) is -1.27. The summed E-state index contributed by atoms with van der Waals surface area (Å²) in [6.07, 6.45) is 1.15. The maximum atomic E-state index is 10.9. The lowest BCUT2D eigenvalue weighted by Gasteiger charge is -2.15. The van der Waals surface area contributed by atoms with Gasteiger partial charge in [0.25, 0.3) is 0 Å². The predicted octanol–water partition coefficient (Wildman–Crippen LogP) is 0.548. The monoisotopic (exact) mass is 268 g/mol. The van der Waals surface area contributed by atoms with Gasteiger partial charge in [0.05, 0.1) is 17.3 Å². The average molecular weight is 268 g/mol. The van der Waals surface area contributed by atoms with Crippen molar-refractivity contribution in [3.05, 3.63) is 24.3 Å². The first kappa shape index (κ1) is 12.8. The predicted molar refractivity (Wildman–Crippen MR) is 72.2 cm³/mol. The number of likely N-dealkylation sites (N-methyl/N-ethyl adjacent to an activating group) is 1. The van der Waals surface area contributed by atoms with E-state index < -0.39 is 10.0 Å². The average Bonchev–Trinajstić information content (AvgIpc) is 2.70. The van der Waals surface area contributed by atoms with E-state index in [-0.39, 0.29) is 0 Å². The number of sulfonamides is 1. The smallest absolute Gasteiger partial charge is 0.208 e. The minimum atomic E-state index is -3.13. The maximum absolute atomic E-state index is 10.9. The molecular weight excluding hydrogens is 252 g/mol. The molecule has 0 unspecified atom stereocenters. The molecule has 0 aliphatic rings. The molecular formula is C11H16N4O2S. The van der Waals surface area contributed by atoms with E-state index in [2.05, 4.69) is 14.7 Å². The summed E-state index contributed by atoms with van der Waals surface area (Å²) in [4.78, 5) is 9.47. The summed E-state index contributed by atoms with van der Waals surface area (Å²) in [5.74, 6) is 0.728. The third kappa shape index (κ3) is 3.21. The fraction of sp³-hybridized carbons (Fsp3) is 0.364. The highest BCUT2D eigenvalue weighted by Crippen LogP contribution is 2.15. The molecule has 6 nitrogen and oxygen atoms in total. The quantitative estimate of drug-likeness (QED) is 0.830. The number of aromatic amines is 1. The molecule has 0 radical (unpaired) electrons. The molecule has 1 heterocycles. The molecule has 0 amide bonds. The van der Waals surface area contributed by atoms with Crippen LogP contribution in [0.3, 0.4) is 0 Å². The Labute approximate surface area is 106 Å². The number of H-pyrrole nitrogens is 1. The first-order chi connectivity index (χ1) is 8.46. The summed E-state index contributed by atoms with van der Waals surface area (Å²) in [5, 5.41) is 0. The lowest BCUT2D eigenvalue weighted by molar-refractivity contribution is 0.587. The Hall–Kier alpha value is -1.60. The Kier molecular flexibility index (Phi) is 3.53. The van der Waals surface area contributed by atoms with Gasteiger partial charge in [-0.1, -0.05) is 12.1 Å². The summed E-state index contributed by atoms with van der Waals surface area (Å²) >= 11 is 0. The van der Waals surface area contributed by atoms with E-state index >= 15 is 0 Å². The van der Waals surface area contributed by atoms with Crippen molar-refractivity contribution in [1.82, 2.24) is 14.7 Å². The lowest BCUT2D eigenvalue weighted by atomic mass is 10.3. The van der Waals surface area contributed by atoms with E-state index in [0.717, 1.165) is 23.2 Å². The molecule has 0 aliphatic heterocycles. The van der Waals surface area contributed by atoms with Crippen molar-refractivity contribution in [2.24, 2.45) is 0 Å². The molecule has 2 aromatic rings. The second kappa shape index (κ2) is 4.95. The number of benzene rings is 1. The molecule has 2 N–H and O–H groups in total. The number of nitrogens with one attached hydrogen (secondary N) is 2. The molecule has 0 aliphatic carbocycles. The molecule has 0 bridgehead atoms. The second-order valence-electron chi connectivity index (χ2n) is 4.17. The van der Waals surface area contributed by atoms with Crippen molar-refractivity contribution in [3.8, 4) is 0 Å². The van der Waals surface area contributed by atoms with Crippen molar-refractivity contribution in [2.75, 3.05) is 31.3 Å². The molecule has 0 fully saturated rings. The van der Waals surface area contributed by atoms with E-state index in [1.165, 1.54) is 0 Å². The van der Waals surface area contributed by atoms with Crippen LogP contribution in [0, 0.1) is 0 Å². The zero-order valence-electron chi connectivity index (χ0n) is 10.3. The van der Waals surface area contributed by atoms with Gasteiger partial charge in [-0.05, 0) is 12.1 Å².